The first-order valence-corrected chi connectivity index (χ1v) is 5.29. The highest BCUT2D eigenvalue weighted by Crippen LogP contribution is 2.24. The first-order valence-electron chi connectivity index (χ1n) is 4.47. The molecule has 1 heterocycles. The van der Waals surface area contributed by atoms with Gasteiger partial charge in [-0.3, -0.25) is 4.79 Å². The molecule has 0 radical (unpaired) electrons. The van der Waals surface area contributed by atoms with E-state index in [0.29, 0.717) is 27.9 Å². The zero-order chi connectivity index (χ0) is 11.7. The standard InChI is InChI=1S/C11H8O4S/c1-15-7-4-2-3-6-5-8(10(12)13)16-11(14)9(6)7/h2-5H,1H3,(H,12,13). The van der Waals surface area contributed by atoms with Crippen LogP contribution in [0.1, 0.15) is 9.67 Å². The highest BCUT2D eigenvalue weighted by atomic mass is 32.1. The monoisotopic (exact) mass is 236 g/mol. The lowest BCUT2D eigenvalue weighted by molar-refractivity contribution is 0.0702. The van der Waals surface area contributed by atoms with E-state index in [1.165, 1.54) is 13.2 Å². The number of carbonyl (C=O) groups is 1. The maximum absolute atomic E-state index is 11.8. The van der Waals surface area contributed by atoms with Gasteiger partial charge >= 0.3 is 5.97 Å². The Labute approximate surface area is 94.7 Å². The Kier molecular flexibility index (Phi) is 2.62. The van der Waals surface area contributed by atoms with Gasteiger partial charge in [0.1, 0.15) is 10.6 Å². The summed E-state index contributed by atoms with van der Waals surface area (Å²) in [6.45, 7) is 0. The highest BCUT2D eigenvalue weighted by Gasteiger charge is 2.11. The number of aromatic carboxylic acids is 1. The van der Waals surface area contributed by atoms with Crippen molar-refractivity contribution in [1.29, 1.82) is 0 Å². The number of carboxylic acids is 1. The van der Waals surface area contributed by atoms with Gasteiger partial charge in [0, 0.05) is 0 Å². The molecule has 0 unspecified atom stereocenters. The molecule has 1 aromatic carbocycles. The number of carboxylic acid groups (broad SMARTS) is 1. The van der Waals surface area contributed by atoms with Crippen LogP contribution in [0, 0.1) is 0 Å². The number of methoxy groups -OCH3 is 1. The largest absolute Gasteiger partial charge is 0.496 e. The first kappa shape index (κ1) is 10.6. The third-order valence-electron chi connectivity index (χ3n) is 2.18. The van der Waals surface area contributed by atoms with Crippen LogP contribution in [0.4, 0.5) is 0 Å². The van der Waals surface area contributed by atoms with Gasteiger partial charge < -0.3 is 9.84 Å². The van der Waals surface area contributed by atoms with E-state index in [9.17, 15) is 9.59 Å². The second-order valence-electron chi connectivity index (χ2n) is 3.13. The SMILES string of the molecule is COc1cccc2cc(C(=O)O)sc(=O)c12. The van der Waals surface area contributed by atoms with Gasteiger partial charge in [-0.05, 0) is 17.5 Å². The van der Waals surface area contributed by atoms with Crippen LogP contribution in [0.5, 0.6) is 5.75 Å². The van der Waals surface area contributed by atoms with Crippen LogP contribution in [-0.2, 0) is 0 Å². The van der Waals surface area contributed by atoms with E-state index in [1.807, 2.05) is 0 Å². The van der Waals surface area contributed by atoms with Crippen LogP contribution in [0.15, 0.2) is 29.1 Å². The van der Waals surface area contributed by atoms with Gasteiger partial charge in [0.05, 0.1) is 12.5 Å². The maximum Gasteiger partial charge on any atom is 0.346 e. The third kappa shape index (κ3) is 1.65. The first-order chi connectivity index (χ1) is 7.63. The van der Waals surface area contributed by atoms with E-state index in [0.717, 1.165) is 0 Å². The van der Waals surface area contributed by atoms with Crippen molar-refractivity contribution >= 4 is 28.1 Å². The predicted molar refractivity (Wildman–Crippen MR) is 61.6 cm³/mol. The molecule has 0 aliphatic carbocycles. The fraction of sp³-hybridized carbons (Fsp3) is 0.0909. The molecule has 2 aromatic rings. The summed E-state index contributed by atoms with van der Waals surface area (Å²) in [5.41, 5.74) is 0. The molecule has 16 heavy (non-hydrogen) atoms. The summed E-state index contributed by atoms with van der Waals surface area (Å²) >= 11 is 0.709. The average molecular weight is 236 g/mol. The third-order valence-corrected chi connectivity index (χ3v) is 3.08. The van der Waals surface area contributed by atoms with Crippen molar-refractivity contribution in [2.45, 2.75) is 0 Å². The Balaban J connectivity index is 2.86. The minimum Gasteiger partial charge on any atom is -0.496 e. The summed E-state index contributed by atoms with van der Waals surface area (Å²) in [5.74, 6) is -0.623. The Bertz CT molecular complexity index is 615. The van der Waals surface area contributed by atoms with E-state index in [-0.39, 0.29) is 9.62 Å². The van der Waals surface area contributed by atoms with Crippen molar-refractivity contribution in [3.8, 4) is 5.75 Å². The van der Waals surface area contributed by atoms with Crippen molar-refractivity contribution < 1.29 is 14.6 Å². The molecule has 0 saturated carbocycles. The Morgan fingerprint density at radius 1 is 1.44 bits per heavy atom. The molecular weight excluding hydrogens is 228 g/mol. The summed E-state index contributed by atoms with van der Waals surface area (Å²) in [4.78, 5) is 22.6. The topological polar surface area (TPSA) is 63.6 Å². The molecule has 4 nitrogen and oxygen atoms in total. The van der Waals surface area contributed by atoms with Gasteiger partial charge in [-0.15, -0.1) is 0 Å². The molecule has 1 N–H and O–H groups in total. The van der Waals surface area contributed by atoms with Gasteiger partial charge in [-0.1, -0.05) is 23.5 Å². The lowest BCUT2D eigenvalue weighted by Crippen LogP contribution is -2.03. The summed E-state index contributed by atoms with van der Waals surface area (Å²) in [5, 5.41) is 9.85. The molecule has 5 heteroatoms. The van der Waals surface area contributed by atoms with Crippen molar-refractivity contribution in [2.75, 3.05) is 7.11 Å². The highest BCUT2D eigenvalue weighted by molar-refractivity contribution is 7.11. The summed E-state index contributed by atoms with van der Waals surface area (Å²) in [7, 11) is 1.48. The van der Waals surface area contributed by atoms with Crippen LogP contribution in [0.25, 0.3) is 10.8 Å². The van der Waals surface area contributed by atoms with Crippen molar-refractivity contribution in [3.05, 3.63) is 38.7 Å². The van der Waals surface area contributed by atoms with E-state index in [4.69, 9.17) is 9.84 Å². The van der Waals surface area contributed by atoms with Crippen LogP contribution in [0.2, 0.25) is 0 Å². The molecule has 2 rings (SSSR count). The number of benzene rings is 1. The summed E-state index contributed by atoms with van der Waals surface area (Å²) < 4.78 is 4.77. The lowest BCUT2D eigenvalue weighted by Gasteiger charge is -2.04. The quantitative estimate of drug-likeness (QED) is 0.865. The van der Waals surface area contributed by atoms with Gasteiger partial charge in [0.25, 0.3) is 0 Å². The van der Waals surface area contributed by atoms with Crippen molar-refractivity contribution in [1.82, 2.24) is 0 Å². The molecule has 0 aliphatic heterocycles. The Morgan fingerprint density at radius 2 is 2.19 bits per heavy atom. The van der Waals surface area contributed by atoms with Crippen LogP contribution >= 0.6 is 11.3 Å². The Morgan fingerprint density at radius 3 is 2.81 bits per heavy atom. The number of fused-ring (bicyclic) bond motifs is 1. The van der Waals surface area contributed by atoms with Gasteiger partial charge in [0.15, 0.2) is 0 Å². The van der Waals surface area contributed by atoms with Gasteiger partial charge in [-0.2, -0.15) is 0 Å². The number of rotatable bonds is 2. The second kappa shape index (κ2) is 3.94. The van der Waals surface area contributed by atoms with E-state index < -0.39 is 5.97 Å². The number of hydrogen-bond acceptors (Lipinski definition) is 4. The number of ether oxygens (including phenoxy) is 1. The van der Waals surface area contributed by atoms with E-state index in [1.54, 1.807) is 18.2 Å². The molecule has 0 atom stereocenters. The van der Waals surface area contributed by atoms with Crippen LogP contribution < -0.4 is 9.48 Å². The fourth-order valence-electron chi connectivity index (χ4n) is 1.48. The molecule has 82 valence electrons. The molecule has 0 fully saturated rings. The molecule has 0 saturated heterocycles. The van der Waals surface area contributed by atoms with E-state index >= 15 is 0 Å². The smallest absolute Gasteiger partial charge is 0.346 e. The van der Waals surface area contributed by atoms with Crippen LogP contribution in [-0.4, -0.2) is 18.2 Å². The summed E-state index contributed by atoms with van der Waals surface area (Å²) in [6, 6.07) is 6.57. The normalized spacial score (nSPS) is 10.3. The molecule has 0 amide bonds. The molecule has 0 spiro atoms. The fourth-order valence-corrected chi connectivity index (χ4v) is 2.28. The predicted octanol–water partition coefficient (Wildman–Crippen LogP) is 1.97. The van der Waals surface area contributed by atoms with Gasteiger partial charge in [-0.25, -0.2) is 4.79 Å². The maximum atomic E-state index is 11.8. The molecule has 1 aromatic heterocycles. The zero-order valence-corrected chi connectivity index (χ0v) is 9.21. The zero-order valence-electron chi connectivity index (χ0n) is 8.39. The molecule has 0 bridgehead atoms. The van der Waals surface area contributed by atoms with Crippen molar-refractivity contribution in [3.63, 3.8) is 0 Å². The summed E-state index contributed by atoms with van der Waals surface area (Å²) in [6.07, 6.45) is 0. The average Bonchev–Trinajstić information content (AvgIpc) is 2.27. The molecular formula is C11H8O4S. The minimum atomic E-state index is -1.09. The molecule has 0 aliphatic rings. The van der Waals surface area contributed by atoms with Crippen LogP contribution in [0.3, 0.4) is 0 Å². The second-order valence-corrected chi connectivity index (χ2v) is 4.14. The van der Waals surface area contributed by atoms with Gasteiger partial charge in [0.2, 0.25) is 4.74 Å². The number of hydrogen-bond donors (Lipinski definition) is 1. The van der Waals surface area contributed by atoms with Crippen molar-refractivity contribution in [2.24, 2.45) is 0 Å². The lowest BCUT2D eigenvalue weighted by atomic mass is 10.2. The Hall–Kier alpha value is -1.88. The van der Waals surface area contributed by atoms with E-state index in [2.05, 4.69) is 0 Å². The minimum absolute atomic E-state index is 0.0331.